The monoisotopic (exact) mass is 228 g/mol. The molecule has 0 bridgehead atoms. The van der Waals surface area contributed by atoms with Gasteiger partial charge in [-0.1, -0.05) is 43.7 Å². The van der Waals surface area contributed by atoms with Gasteiger partial charge in [-0.3, -0.25) is 0 Å². The number of rotatable bonds is 4. The second kappa shape index (κ2) is 5.41. The molecule has 88 valence electrons. The third-order valence-corrected chi connectivity index (χ3v) is 2.54. The van der Waals surface area contributed by atoms with Crippen LogP contribution in [-0.4, -0.2) is 9.97 Å². The van der Waals surface area contributed by atoms with Gasteiger partial charge in [0.2, 0.25) is 0 Å². The highest BCUT2D eigenvalue weighted by molar-refractivity contribution is 5.59. The Hall–Kier alpha value is -1.94. The fourth-order valence-corrected chi connectivity index (χ4v) is 1.71. The molecule has 1 aromatic carbocycles. The Morgan fingerprint density at radius 1 is 1.24 bits per heavy atom. The molecule has 0 saturated heterocycles. The van der Waals surface area contributed by atoms with E-state index in [1.807, 2.05) is 30.3 Å². The molecule has 1 heterocycles. The number of nitrogens with two attached hydrogens (primary N) is 1. The summed E-state index contributed by atoms with van der Waals surface area (Å²) >= 11 is 0. The summed E-state index contributed by atoms with van der Waals surface area (Å²) in [6, 6.07) is 10.0. The van der Waals surface area contributed by atoms with Gasteiger partial charge in [0.1, 0.15) is 0 Å². The van der Waals surface area contributed by atoms with E-state index in [4.69, 9.17) is 5.84 Å². The average molecular weight is 228 g/mol. The summed E-state index contributed by atoms with van der Waals surface area (Å²) < 4.78 is 0. The number of anilines is 1. The largest absolute Gasteiger partial charge is 0.307 e. The lowest BCUT2D eigenvalue weighted by Crippen LogP contribution is -2.12. The first-order valence-corrected chi connectivity index (χ1v) is 5.73. The summed E-state index contributed by atoms with van der Waals surface area (Å²) in [4.78, 5) is 8.89. The van der Waals surface area contributed by atoms with Crippen molar-refractivity contribution in [2.75, 3.05) is 5.43 Å². The van der Waals surface area contributed by atoms with Crippen LogP contribution in [0.15, 0.2) is 36.5 Å². The fourth-order valence-electron chi connectivity index (χ4n) is 1.71. The quantitative estimate of drug-likeness (QED) is 0.623. The number of aromatic nitrogens is 2. The lowest BCUT2D eigenvalue weighted by molar-refractivity contribution is 0.873. The van der Waals surface area contributed by atoms with Crippen LogP contribution in [-0.2, 0) is 6.42 Å². The Balaban J connectivity index is 2.40. The molecule has 0 amide bonds. The molecule has 2 rings (SSSR count). The molecule has 0 radical (unpaired) electrons. The molecule has 0 aliphatic carbocycles. The minimum Gasteiger partial charge on any atom is -0.307 e. The maximum Gasteiger partial charge on any atom is 0.161 e. The molecule has 0 aliphatic rings. The molecule has 3 N–H and O–H groups in total. The van der Waals surface area contributed by atoms with Crippen LogP contribution in [0.3, 0.4) is 0 Å². The number of nitrogen functional groups attached to an aromatic ring is 1. The Labute approximate surface area is 101 Å². The van der Waals surface area contributed by atoms with Gasteiger partial charge in [0.05, 0.1) is 17.6 Å². The number of nitrogens with zero attached hydrogens (tertiary/aromatic N) is 2. The average Bonchev–Trinajstić information content (AvgIpc) is 2.40. The second-order valence-corrected chi connectivity index (χ2v) is 3.81. The van der Waals surface area contributed by atoms with E-state index >= 15 is 0 Å². The number of hydrogen-bond donors (Lipinski definition) is 2. The third-order valence-electron chi connectivity index (χ3n) is 2.54. The molecule has 0 aliphatic heterocycles. The van der Waals surface area contributed by atoms with Crippen LogP contribution < -0.4 is 11.3 Å². The van der Waals surface area contributed by atoms with Crippen molar-refractivity contribution in [1.29, 1.82) is 0 Å². The summed E-state index contributed by atoms with van der Waals surface area (Å²) in [5, 5.41) is 0. The minimum absolute atomic E-state index is 0.659. The predicted octanol–water partition coefficient (Wildman–Crippen LogP) is 2.38. The summed E-state index contributed by atoms with van der Waals surface area (Å²) in [7, 11) is 0. The highest BCUT2D eigenvalue weighted by atomic mass is 15.3. The standard InChI is InChI=1S/C13H16N4/c1-2-6-11-13(17-14)15-9-12(16-11)10-7-4-3-5-8-10/h3-5,7-9H,2,6,14H2,1H3,(H,15,17). The van der Waals surface area contributed by atoms with E-state index in [0.29, 0.717) is 5.82 Å². The molecule has 1 aromatic heterocycles. The van der Waals surface area contributed by atoms with Gasteiger partial charge in [-0.2, -0.15) is 0 Å². The van der Waals surface area contributed by atoms with Crippen molar-refractivity contribution >= 4 is 5.82 Å². The Kier molecular flexibility index (Phi) is 3.67. The van der Waals surface area contributed by atoms with Gasteiger partial charge in [-0.25, -0.2) is 15.8 Å². The van der Waals surface area contributed by atoms with E-state index in [0.717, 1.165) is 29.8 Å². The highest BCUT2D eigenvalue weighted by Crippen LogP contribution is 2.19. The summed E-state index contributed by atoms with van der Waals surface area (Å²) in [5.74, 6) is 6.08. The van der Waals surface area contributed by atoms with E-state index in [2.05, 4.69) is 22.3 Å². The Bertz CT molecular complexity index is 482. The number of nitrogens with one attached hydrogen (secondary N) is 1. The van der Waals surface area contributed by atoms with Gasteiger partial charge in [0, 0.05) is 5.56 Å². The van der Waals surface area contributed by atoms with Crippen LogP contribution in [0.2, 0.25) is 0 Å². The van der Waals surface area contributed by atoms with E-state index in [-0.39, 0.29) is 0 Å². The van der Waals surface area contributed by atoms with Crippen LogP contribution in [0.5, 0.6) is 0 Å². The van der Waals surface area contributed by atoms with Crippen LogP contribution in [0.4, 0.5) is 5.82 Å². The van der Waals surface area contributed by atoms with Crippen molar-refractivity contribution in [1.82, 2.24) is 9.97 Å². The molecule has 0 fully saturated rings. The second-order valence-electron chi connectivity index (χ2n) is 3.81. The first kappa shape index (κ1) is 11.5. The van der Waals surface area contributed by atoms with E-state index in [1.165, 1.54) is 0 Å². The maximum atomic E-state index is 5.42. The van der Waals surface area contributed by atoms with Gasteiger partial charge < -0.3 is 5.43 Å². The highest BCUT2D eigenvalue weighted by Gasteiger charge is 2.06. The van der Waals surface area contributed by atoms with Crippen LogP contribution in [0.25, 0.3) is 11.3 Å². The SMILES string of the molecule is CCCc1nc(-c2ccccc2)cnc1NN. The number of hydrogen-bond acceptors (Lipinski definition) is 4. The van der Waals surface area contributed by atoms with Gasteiger partial charge in [-0.15, -0.1) is 0 Å². The smallest absolute Gasteiger partial charge is 0.161 e. The van der Waals surface area contributed by atoms with Crippen LogP contribution in [0, 0.1) is 0 Å². The lowest BCUT2D eigenvalue weighted by Gasteiger charge is -2.08. The van der Waals surface area contributed by atoms with Crippen molar-refractivity contribution in [3.05, 3.63) is 42.2 Å². The molecule has 0 unspecified atom stereocenters. The van der Waals surface area contributed by atoms with Gasteiger partial charge in [-0.05, 0) is 6.42 Å². The van der Waals surface area contributed by atoms with Crippen LogP contribution in [0.1, 0.15) is 19.0 Å². The summed E-state index contributed by atoms with van der Waals surface area (Å²) in [6.45, 7) is 2.11. The van der Waals surface area contributed by atoms with E-state index in [9.17, 15) is 0 Å². The molecular formula is C13H16N4. The zero-order valence-corrected chi connectivity index (χ0v) is 9.85. The molecule has 2 aromatic rings. The van der Waals surface area contributed by atoms with Crippen molar-refractivity contribution in [2.24, 2.45) is 5.84 Å². The summed E-state index contributed by atoms with van der Waals surface area (Å²) in [5.41, 5.74) is 5.45. The number of aryl methyl sites for hydroxylation is 1. The minimum atomic E-state index is 0.659. The van der Waals surface area contributed by atoms with Crippen molar-refractivity contribution in [2.45, 2.75) is 19.8 Å². The zero-order chi connectivity index (χ0) is 12.1. The summed E-state index contributed by atoms with van der Waals surface area (Å²) in [6.07, 6.45) is 3.62. The lowest BCUT2D eigenvalue weighted by atomic mass is 10.1. The predicted molar refractivity (Wildman–Crippen MR) is 69.3 cm³/mol. The van der Waals surface area contributed by atoms with Gasteiger partial charge >= 0.3 is 0 Å². The number of benzene rings is 1. The third kappa shape index (κ3) is 2.60. The molecule has 0 saturated carbocycles. The molecule has 4 nitrogen and oxygen atoms in total. The fraction of sp³-hybridized carbons (Fsp3) is 0.231. The zero-order valence-electron chi connectivity index (χ0n) is 9.85. The maximum absolute atomic E-state index is 5.42. The Morgan fingerprint density at radius 3 is 2.65 bits per heavy atom. The van der Waals surface area contributed by atoms with Gasteiger partial charge in [0.25, 0.3) is 0 Å². The van der Waals surface area contributed by atoms with E-state index < -0.39 is 0 Å². The van der Waals surface area contributed by atoms with Gasteiger partial charge in [0.15, 0.2) is 5.82 Å². The first-order chi connectivity index (χ1) is 8.35. The van der Waals surface area contributed by atoms with Crippen molar-refractivity contribution in [3.8, 4) is 11.3 Å². The number of hydrazine groups is 1. The molecular weight excluding hydrogens is 212 g/mol. The van der Waals surface area contributed by atoms with Crippen LogP contribution >= 0.6 is 0 Å². The van der Waals surface area contributed by atoms with Crippen molar-refractivity contribution < 1.29 is 0 Å². The molecule has 0 atom stereocenters. The van der Waals surface area contributed by atoms with Crippen molar-refractivity contribution in [3.63, 3.8) is 0 Å². The molecule has 0 spiro atoms. The topological polar surface area (TPSA) is 63.8 Å². The molecule has 4 heteroatoms. The molecule has 17 heavy (non-hydrogen) atoms. The normalized spacial score (nSPS) is 10.2. The first-order valence-electron chi connectivity index (χ1n) is 5.73. The Morgan fingerprint density at radius 2 is 2.00 bits per heavy atom. The van der Waals surface area contributed by atoms with E-state index in [1.54, 1.807) is 6.20 Å².